The first-order valence-corrected chi connectivity index (χ1v) is 15.2. The van der Waals surface area contributed by atoms with Crippen LogP contribution in [0.5, 0.6) is 0 Å². The number of benzene rings is 1. The molecule has 0 amide bonds. The van der Waals surface area contributed by atoms with Gasteiger partial charge in [-0.1, -0.05) is 31.2 Å². The summed E-state index contributed by atoms with van der Waals surface area (Å²) < 4.78 is 18.5. The van der Waals surface area contributed by atoms with Crippen LogP contribution in [0.2, 0.25) is 0 Å². The van der Waals surface area contributed by atoms with E-state index in [1.807, 2.05) is 12.4 Å². The maximum Gasteiger partial charge on any atom is 0.0974 e. The summed E-state index contributed by atoms with van der Waals surface area (Å²) in [6.07, 6.45) is 18.5. The van der Waals surface area contributed by atoms with Gasteiger partial charge in [-0.2, -0.15) is 0 Å². The van der Waals surface area contributed by atoms with Crippen LogP contribution in [0.3, 0.4) is 0 Å². The molecule has 0 radical (unpaired) electrons. The lowest BCUT2D eigenvalue weighted by molar-refractivity contribution is -0.141. The maximum atomic E-state index is 7.57. The Bertz CT molecular complexity index is 1300. The topological polar surface area (TPSA) is 43.8 Å². The molecule has 6 unspecified atom stereocenters. The smallest absolute Gasteiger partial charge is 0.0974 e. The monoisotopic (exact) mass is 528 g/mol. The van der Waals surface area contributed by atoms with Crippen molar-refractivity contribution in [1.29, 1.82) is 0 Å². The molecular weight excluding hydrogens is 484 g/mol. The summed E-state index contributed by atoms with van der Waals surface area (Å²) in [5.41, 5.74) is 4.56. The summed E-state index contributed by atoms with van der Waals surface area (Å²) in [6.45, 7) is 6.01. The molecule has 3 heterocycles. The molecule has 1 saturated heterocycles. The summed E-state index contributed by atoms with van der Waals surface area (Å²) in [5, 5.41) is 2.54. The van der Waals surface area contributed by atoms with Crippen molar-refractivity contribution in [2.24, 2.45) is 11.3 Å². The van der Waals surface area contributed by atoms with Crippen molar-refractivity contribution in [2.45, 2.75) is 81.5 Å². The zero-order valence-corrected chi connectivity index (χ0v) is 24.0. The molecule has 6 atom stereocenters. The van der Waals surface area contributed by atoms with Gasteiger partial charge in [0.1, 0.15) is 0 Å². The lowest BCUT2D eigenvalue weighted by atomic mass is 9.58. The third-order valence-electron chi connectivity index (χ3n) is 11.4. The number of hydrogen-bond acceptors (Lipinski definition) is 5. The molecule has 2 bridgehead atoms. The predicted molar refractivity (Wildman–Crippen MR) is 155 cm³/mol. The minimum absolute atomic E-state index is 0.0936. The number of rotatable bonds is 8. The Hall–Kier alpha value is -2.05. The summed E-state index contributed by atoms with van der Waals surface area (Å²) in [6, 6.07) is 9.73. The highest BCUT2D eigenvalue weighted by Crippen LogP contribution is 2.69. The molecule has 2 spiro atoms. The number of aromatic nitrogens is 1. The first-order valence-electron chi connectivity index (χ1n) is 15.2. The van der Waals surface area contributed by atoms with Crippen LogP contribution in [0, 0.1) is 11.3 Å². The van der Waals surface area contributed by atoms with Crippen molar-refractivity contribution in [1.82, 2.24) is 9.88 Å². The Kier molecular flexibility index (Phi) is 6.50. The van der Waals surface area contributed by atoms with Gasteiger partial charge in [0.15, 0.2) is 0 Å². The average Bonchev–Trinajstić information content (AvgIpc) is 3.47. The van der Waals surface area contributed by atoms with E-state index >= 15 is 0 Å². The Morgan fingerprint density at radius 1 is 1.03 bits per heavy atom. The van der Waals surface area contributed by atoms with E-state index in [1.165, 1.54) is 41.2 Å². The van der Waals surface area contributed by atoms with Gasteiger partial charge in [-0.3, -0.25) is 9.88 Å². The van der Waals surface area contributed by atoms with Gasteiger partial charge in [0, 0.05) is 51.1 Å². The van der Waals surface area contributed by atoms with Gasteiger partial charge in [0.25, 0.3) is 0 Å². The summed E-state index contributed by atoms with van der Waals surface area (Å²) in [7, 11) is 3.61. The van der Waals surface area contributed by atoms with Crippen molar-refractivity contribution < 1.29 is 14.2 Å². The van der Waals surface area contributed by atoms with E-state index in [9.17, 15) is 0 Å². The molecule has 5 aliphatic rings. The van der Waals surface area contributed by atoms with Crippen LogP contribution < -0.4 is 0 Å². The van der Waals surface area contributed by atoms with Gasteiger partial charge in [0.2, 0.25) is 0 Å². The molecule has 208 valence electrons. The van der Waals surface area contributed by atoms with E-state index in [-0.39, 0.29) is 16.6 Å². The Morgan fingerprint density at radius 3 is 2.69 bits per heavy atom. The molecule has 0 N–H and O–H groups in total. The quantitative estimate of drug-likeness (QED) is 0.395. The summed E-state index contributed by atoms with van der Waals surface area (Å²) in [4.78, 5) is 7.00. The lowest BCUT2D eigenvalue weighted by Crippen LogP contribution is -2.55. The first kappa shape index (κ1) is 25.9. The second-order valence-electron chi connectivity index (χ2n) is 13.1. The molecule has 3 fully saturated rings. The van der Waals surface area contributed by atoms with Crippen LogP contribution in [0.4, 0.5) is 0 Å². The fourth-order valence-electron chi connectivity index (χ4n) is 9.46. The number of nitrogens with zero attached hydrogens (tertiary/aromatic N) is 2. The fourth-order valence-corrected chi connectivity index (χ4v) is 9.46. The molecular formula is C34H44N2O3. The van der Waals surface area contributed by atoms with Crippen molar-refractivity contribution in [3.63, 3.8) is 0 Å². The number of pyridine rings is 1. The molecule has 1 aromatic carbocycles. The molecule has 7 rings (SSSR count). The second-order valence-corrected chi connectivity index (χ2v) is 13.1. The van der Waals surface area contributed by atoms with E-state index < -0.39 is 0 Å². The SMILES string of the molecule is COCCN(CCOC)C1CCC2=CC3=CCC4(C)C(c5ccc6ccncc6c5)CCC4C34CCC2(C1)O4. The van der Waals surface area contributed by atoms with Crippen LogP contribution in [0.15, 0.2) is 60.0 Å². The average molecular weight is 529 g/mol. The fraction of sp³-hybridized carbons (Fsp3) is 0.618. The number of methoxy groups -OCH3 is 2. The van der Waals surface area contributed by atoms with E-state index in [4.69, 9.17) is 14.2 Å². The molecule has 5 nitrogen and oxygen atoms in total. The van der Waals surface area contributed by atoms with E-state index in [2.05, 4.69) is 53.2 Å². The van der Waals surface area contributed by atoms with Crippen LogP contribution in [0.25, 0.3) is 10.8 Å². The predicted octanol–water partition coefficient (Wildman–Crippen LogP) is 6.44. The highest BCUT2D eigenvalue weighted by molar-refractivity contribution is 5.82. The van der Waals surface area contributed by atoms with Gasteiger partial charge in [-0.05, 0) is 103 Å². The Morgan fingerprint density at radius 2 is 1.87 bits per heavy atom. The summed E-state index contributed by atoms with van der Waals surface area (Å²) >= 11 is 0. The van der Waals surface area contributed by atoms with Crippen LogP contribution >= 0.6 is 0 Å². The molecule has 5 heteroatoms. The lowest BCUT2D eigenvalue weighted by Gasteiger charge is -2.55. The first-order chi connectivity index (χ1) is 19.0. The van der Waals surface area contributed by atoms with E-state index in [1.54, 1.807) is 19.8 Å². The van der Waals surface area contributed by atoms with E-state index in [0.29, 0.717) is 17.9 Å². The molecule has 2 saturated carbocycles. The second kappa shape index (κ2) is 9.80. The normalized spacial score (nSPS) is 36.9. The van der Waals surface area contributed by atoms with Crippen molar-refractivity contribution >= 4 is 10.8 Å². The van der Waals surface area contributed by atoms with Gasteiger partial charge < -0.3 is 14.2 Å². The van der Waals surface area contributed by atoms with Crippen molar-refractivity contribution in [2.75, 3.05) is 40.5 Å². The zero-order valence-electron chi connectivity index (χ0n) is 24.0. The number of allylic oxidation sites excluding steroid dienone is 1. The third kappa shape index (κ3) is 3.99. The van der Waals surface area contributed by atoms with Gasteiger partial charge >= 0.3 is 0 Å². The number of hydrogen-bond donors (Lipinski definition) is 0. The molecule has 39 heavy (non-hydrogen) atoms. The maximum absolute atomic E-state index is 7.57. The van der Waals surface area contributed by atoms with E-state index in [0.717, 1.165) is 58.4 Å². The van der Waals surface area contributed by atoms with Crippen LogP contribution in [0.1, 0.15) is 69.8 Å². The highest BCUT2D eigenvalue weighted by Gasteiger charge is 2.66. The standard InChI is InChI=1S/C34H44N2O3/c1-32-12-10-28-21-27-6-7-29(36(16-18-37-2)17-19-38-3)22-33(27)13-14-34(28,39-33)31(32)9-8-30(32)25-5-4-24-11-15-35-23-26(24)20-25/h4-5,10-11,15,20-21,23,29-31H,6-9,12-14,16-19,22H2,1-3H3. The largest absolute Gasteiger partial charge is 0.383 e. The van der Waals surface area contributed by atoms with Gasteiger partial charge in [-0.15, -0.1) is 0 Å². The minimum atomic E-state index is -0.116. The summed E-state index contributed by atoms with van der Waals surface area (Å²) in [5.74, 6) is 1.12. The highest BCUT2D eigenvalue weighted by atomic mass is 16.5. The third-order valence-corrected chi connectivity index (χ3v) is 11.4. The molecule has 3 aliphatic carbocycles. The minimum Gasteiger partial charge on any atom is -0.383 e. The van der Waals surface area contributed by atoms with Crippen LogP contribution in [-0.4, -0.2) is 67.7 Å². The molecule has 2 aromatic rings. The number of fused-ring (bicyclic) bond motifs is 2. The number of ether oxygens (including phenoxy) is 3. The molecule has 1 aromatic heterocycles. The van der Waals surface area contributed by atoms with Gasteiger partial charge in [-0.25, -0.2) is 0 Å². The van der Waals surface area contributed by atoms with Gasteiger partial charge in [0.05, 0.1) is 24.4 Å². The van der Waals surface area contributed by atoms with Crippen LogP contribution in [-0.2, 0) is 14.2 Å². The Labute approximate surface area is 233 Å². The van der Waals surface area contributed by atoms with Crippen molar-refractivity contribution in [3.05, 3.63) is 65.5 Å². The molecule has 2 aliphatic heterocycles. The Balaban J connectivity index is 1.18. The zero-order chi connectivity index (χ0) is 26.7. The van der Waals surface area contributed by atoms with Crippen molar-refractivity contribution in [3.8, 4) is 0 Å².